The van der Waals surface area contributed by atoms with Crippen molar-refractivity contribution in [3.05, 3.63) is 36.0 Å². The van der Waals surface area contributed by atoms with Gasteiger partial charge in [-0.3, -0.25) is 9.48 Å². The lowest BCUT2D eigenvalue weighted by Gasteiger charge is -2.44. The lowest BCUT2D eigenvalue weighted by atomic mass is 9.78. The Kier molecular flexibility index (Phi) is 5.07. The van der Waals surface area contributed by atoms with Crippen LogP contribution in [0.5, 0.6) is 0 Å². The molecule has 2 unspecified atom stereocenters. The molecule has 26 heavy (non-hydrogen) atoms. The SMILES string of the molecule is CSc1ccccc1-c1c(C(=O)N2CCCC3CCCCC32)cnn1C. The van der Waals surface area contributed by atoms with E-state index in [1.807, 2.05) is 23.9 Å². The lowest BCUT2D eigenvalue weighted by Crippen LogP contribution is -2.49. The van der Waals surface area contributed by atoms with Gasteiger partial charge in [0.15, 0.2) is 0 Å². The summed E-state index contributed by atoms with van der Waals surface area (Å²) in [5.41, 5.74) is 2.79. The van der Waals surface area contributed by atoms with Crippen molar-refractivity contribution < 1.29 is 4.79 Å². The first kappa shape index (κ1) is 17.7. The highest BCUT2D eigenvalue weighted by atomic mass is 32.2. The van der Waals surface area contributed by atoms with E-state index in [1.54, 1.807) is 18.0 Å². The molecular formula is C21H27N3OS. The van der Waals surface area contributed by atoms with Crippen molar-refractivity contribution in [2.24, 2.45) is 13.0 Å². The van der Waals surface area contributed by atoms with Crippen LogP contribution >= 0.6 is 11.8 Å². The van der Waals surface area contributed by atoms with Crippen molar-refractivity contribution in [2.45, 2.75) is 49.5 Å². The fourth-order valence-electron chi connectivity index (χ4n) is 4.79. The van der Waals surface area contributed by atoms with Crippen LogP contribution in [-0.4, -0.2) is 39.4 Å². The molecule has 2 fully saturated rings. The summed E-state index contributed by atoms with van der Waals surface area (Å²) in [6.07, 6.45) is 11.3. The van der Waals surface area contributed by atoms with Gasteiger partial charge >= 0.3 is 0 Å². The Morgan fingerprint density at radius 1 is 1.15 bits per heavy atom. The van der Waals surface area contributed by atoms with Gasteiger partial charge in [0, 0.05) is 30.1 Å². The summed E-state index contributed by atoms with van der Waals surface area (Å²) in [4.78, 5) is 16.9. The van der Waals surface area contributed by atoms with Crippen LogP contribution in [0.15, 0.2) is 35.4 Å². The number of benzene rings is 1. The Morgan fingerprint density at radius 3 is 2.77 bits per heavy atom. The number of rotatable bonds is 3. The maximum absolute atomic E-state index is 13.5. The van der Waals surface area contributed by atoms with Gasteiger partial charge in [-0.25, -0.2) is 0 Å². The molecule has 5 heteroatoms. The van der Waals surface area contributed by atoms with E-state index in [1.165, 1.54) is 30.6 Å². The van der Waals surface area contributed by atoms with Crippen LogP contribution in [0, 0.1) is 5.92 Å². The maximum Gasteiger partial charge on any atom is 0.257 e. The minimum atomic E-state index is 0.167. The summed E-state index contributed by atoms with van der Waals surface area (Å²) in [7, 11) is 1.93. The van der Waals surface area contributed by atoms with Crippen molar-refractivity contribution in [1.29, 1.82) is 0 Å². The summed E-state index contributed by atoms with van der Waals surface area (Å²) < 4.78 is 1.85. The van der Waals surface area contributed by atoms with E-state index in [0.717, 1.165) is 36.2 Å². The monoisotopic (exact) mass is 369 g/mol. The fourth-order valence-corrected chi connectivity index (χ4v) is 5.38. The first-order valence-electron chi connectivity index (χ1n) is 9.67. The smallest absolute Gasteiger partial charge is 0.257 e. The average molecular weight is 370 g/mol. The molecule has 2 atom stereocenters. The van der Waals surface area contributed by atoms with Gasteiger partial charge in [-0.1, -0.05) is 31.0 Å². The largest absolute Gasteiger partial charge is 0.335 e. The van der Waals surface area contributed by atoms with Gasteiger partial charge < -0.3 is 4.90 Å². The second-order valence-corrected chi connectivity index (χ2v) is 8.33. The molecule has 1 aromatic heterocycles. The predicted molar refractivity (Wildman–Crippen MR) is 106 cm³/mol. The van der Waals surface area contributed by atoms with Crippen LogP contribution in [0.25, 0.3) is 11.3 Å². The number of aryl methyl sites for hydroxylation is 1. The fraction of sp³-hybridized carbons (Fsp3) is 0.524. The first-order valence-corrected chi connectivity index (χ1v) is 10.9. The number of nitrogens with zero attached hydrogens (tertiary/aromatic N) is 3. The molecule has 2 aliphatic rings. The van der Waals surface area contributed by atoms with Gasteiger partial charge in [-0.2, -0.15) is 5.10 Å². The van der Waals surface area contributed by atoms with E-state index in [4.69, 9.17) is 0 Å². The van der Waals surface area contributed by atoms with E-state index in [0.29, 0.717) is 12.0 Å². The van der Waals surface area contributed by atoms with Crippen LogP contribution in [0.4, 0.5) is 0 Å². The zero-order valence-corrected chi connectivity index (χ0v) is 16.5. The molecule has 0 bridgehead atoms. The average Bonchev–Trinajstić information content (AvgIpc) is 3.08. The molecule has 2 heterocycles. The van der Waals surface area contributed by atoms with Gasteiger partial charge in [-0.15, -0.1) is 11.8 Å². The van der Waals surface area contributed by atoms with E-state index >= 15 is 0 Å². The van der Waals surface area contributed by atoms with Gasteiger partial charge in [0.25, 0.3) is 5.91 Å². The van der Waals surface area contributed by atoms with Crippen molar-refractivity contribution in [3.8, 4) is 11.3 Å². The minimum Gasteiger partial charge on any atom is -0.335 e. The Labute approximate surface area is 160 Å². The Morgan fingerprint density at radius 2 is 1.92 bits per heavy atom. The highest BCUT2D eigenvalue weighted by molar-refractivity contribution is 7.98. The second kappa shape index (κ2) is 7.47. The molecule has 4 nitrogen and oxygen atoms in total. The van der Waals surface area contributed by atoms with Gasteiger partial charge in [0.05, 0.1) is 17.5 Å². The molecule has 0 radical (unpaired) electrons. The summed E-state index contributed by atoms with van der Waals surface area (Å²) in [6.45, 7) is 0.887. The first-order chi connectivity index (χ1) is 12.7. The molecular weight excluding hydrogens is 342 g/mol. The maximum atomic E-state index is 13.5. The van der Waals surface area contributed by atoms with Gasteiger partial charge in [0.1, 0.15) is 0 Å². The van der Waals surface area contributed by atoms with Crippen molar-refractivity contribution in [1.82, 2.24) is 14.7 Å². The predicted octanol–water partition coefficient (Wildman–Crippen LogP) is 4.60. The van der Waals surface area contributed by atoms with E-state index < -0.39 is 0 Å². The van der Waals surface area contributed by atoms with Crippen LogP contribution in [0.3, 0.4) is 0 Å². The van der Waals surface area contributed by atoms with Crippen molar-refractivity contribution in [3.63, 3.8) is 0 Å². The third kappa shape index (κ3) is 3.07. The van der Waals surface area contributed by atoms with Crippen LogP contribution < -0.4 is 0 Å². The molecule has 1 amide bonds. The summed E-state index contributed by atoms with van der Waals surface area (Å²) in [5.74, 6) is 0.862. The third-order valence-electron chi connectivity index (χ3n) is 6.04. The molecule has 1 saturated carbocycles. The molecule has 1 aliphatic carbocycles. The molecule has 1 saturated heterocycles. The lowest BCUT2D eigenvalue weighted by molar-refractivity contribution is 0.0391. The normalized spacial score (nSPS) is 22.9. The quantitative estimate of drug-likeness (QED) is 0.742. The Bertz CT molecular complexity index is 798. The summed E-state index contributed by atoms with van der Waals surface area (Å²) in [6, 6.07) is 8.71. The summed E-state index contributed by atoms with van der Waals surface area (Å²) >= 11 is 1.71. The number of likely N-dealkylation sites (tertiary alicyclic amines) is 1. The van der Waals surface area contributed by atoms with E-state index in [9.17, 15) is 4.79 Å². The molecule has 1 aromatic carbocycles. The molecule has 4 rings (SSSR count). The molecule has 2 aromatic rings. The minimum absolute atomic E-state index is 0.167. The highest BCUT2D eigenvalue weighted by Crippen LogP contribution is 2.38. The number of amides is 1. The number of thioether (sulfide) groups is 1. The van der Waals surface area contributed by atoms with Crippen molar-refractivity contribution >= 4 is 17.7 Å². The molecule has 0 N–H and O–H groups in total. The Hall–Kier alpha value is -1.75. The zero-order chi connectivity index (χ0) is 18.1. The topological polar surface area (TPSA) is 38.1 Å². The number of hydrogen-bond acceptors (Lipinski definition) is 3. The number of carbonyl (C=O) groups excluding carboxylic acids is 1. The van der Waals surface area contributed by atoms with Crippen LogP contribution in [0.2, 0.25) is 0 Å². The number of carbonyl (C=O) groups is 1. The summed E-state index contributed by atoms with van der Waals surface area (Å²) in [5, 5.41) is 4.45. The van der Waals surface area contributed by atoms with Gasteiger partial charge in [0.2, 0.25) is 0 Å². The van der Waals surface area contributed by atoms with E-state index in [-0.39, 0.29) is 5.91 Å². The number of hydrogen-bond donors (Lipinski definition) is 0. The standard InChI is InChI=1S/C21H27N3OS/c1-23-20(16-10-4-6-12-19(16)26-2)17(14-22-23)21(25)24-13-7-9-15-8-3-5-11-18(15)24/h4,6,10,12,14-15,18H,3,5,7-9,11,13H2,1-2H3. The number of aromatic nitrogens is 2. The van der Waals surface area contributed by atoms with Crippen LogP contribution in [-0.2, 0) is 7.05 Å². The van der Waals surface area contributed by atoms with Crippen LogP contribution in [0.1, 0.15) is 48.9 Å². The molecule has 0 spiro atoms. The Balaban J connectivity index is 1.71. The second-order valence-electron chi connectivity index (χ2n) is 7.48. The van der Waals surface area contributed by atoms with E-state index in [2.05, 4.69) is 28.4 Å². The zero-order valence-electron chi connectivity index (χ0n) is 15.6. The number of piperidine rings is 1. The highest BCUT2D eigenvalue weighted by Gasteiger charge is 2.37. The number of fused-ring (bicyclic) bond motifs is 1. The van der Waals surface area contributed by atoms with Gasteiger partial charge in [-0.05, 0) is 43.9 Å². The third-order valence-corrected chi connectivity index (χ3v) is 6.83. The molecule has 138 valence electrons. The van der Waals surface area contributed by atoms with Crippen molar-refractivity contribution in [2.75, 3.05) is 12.8 Å². The molecule has 1 aliphatic heterocycles.